The summed E-state index contributed by atoms with van der Waals surface area (Å²) in [6, 6.07) is 10.2. The van der Waals surface area contributed by atoms with Crippen LogP contribution in [0.15, 0.2) is 48.5 Å². The van der Waals surface area contributed by atoms with Gasteiger partial charge in [-0.25, -0.2) is 8.78 Å². The molecule has 0 saturated carbocycles. The first kappa shape index (κ1) is 25.1. The molecule has 1 spiro atoms. The van der Waals surface area contributed by atoms with Crippen molar-refractivity contribution in [1.29, 1.82) is 0 Å². The lowest BCUT2D eigenvalue weighted by atomic mass is 9.62. The number of carbonyl (C=O) groups excluding carboxylic acids is 2. The minimum Gasteiger partial charge on any atom is -0.356 e. The van der Waals surface area contributed by atoms with Gasteiger partial charge in [-0.2, -0.15) is 13.2 Å². The Bertz CT molecular complexity index is 1080. The molecule has 1 unspecified atom stereocenters. The number of piperidine rings is 2. The van der Waals surface area contributed by atoms with Gasteiger partial charge in [-0.15, -0.1) is 0 Å². The average molecular weight is 496 g/mol. The SMILES string of the molecule is CO[C@@](C(=O)N1CCC2(CC1)CC(=O)NCC2c1c(F)cccc1F)(c1ccccc1)C(F)(F)F. The summed E-state index contributed by atoms with van der Waals surface area (Å²) < 4.78 is 77.2. The Kier molecular flexibility index (Phi) is 6.61. The second-order valence-corrected chi connectivity index (χ2v) is 9.07. The number of nitrogens with one attached hydrogen (secondary N) is 1. The maximum Gasteiger partial charge on any atom is 0.430 e. The monoisotopic (exact) mass is 496 g/mol. The van der Waals surface area contributed by atoms with Crippen LogP contribution >= 0.6 is 0 Å². The highest BCUT2D eigenvalue weighted by molar-refractivity contribution is 5.88. The smallest absolute Gasteiger partial charge is 0.356 e. The van der Waals surface area contributed by atoms with Crippen molar-refractivity contribution in [2.75, 3.05) is 26.7 Å². The van der Waals surface area contributed by atoms with Crippen LogP contribution in [-0.4, -0.2) is 49.6 Å². The van der Waals surface area contributed by atoms with Crippen molar-refractivity contribution in [3.63, 3.8) is 0 Å². The van der Waals surface area contributed by atoms with E-state index in [4.69, 9.17) is 4.74 Å². The van der Waals surface area contributed by atoms with Gasteiger partial charge in [0.05, 0.1) is 0 Å². The van der Waals surface area contributed by atoms with E-state index < -0.39 is 40.7 Å². The van der Waals surface area contributed by atoms with Crippen LogP contribution in [0, 0.1) is 17.0 Å². The Morgan fingerprint density at radius 1 is 1.03 bits per heavy atom. The number of hydrogen-bond donors (Lipinski definition) is 1. The number of ether oxygens (including phenoxy) is 1. The normalized spacial score (nSPS) is 21.9. The number of halogens is 5. The first-order valence-corrected chi connectivity index (χ1v) is 11.2. The molecule has 4 rings (SSSR count). The Labute approximate surface area is 199 Å². The first-order valence-electron chi connectivity index (χ1n) is 11.2. The molecule has 2 saturated heterocycles. The molecule has 2 atom stereocenters. The highest BCUT2D eigenvalue weighted by Crippen LogP contribution is 2.51. The Balaban J connectivity index is 1.65. The van der Waals surface area contributed by atoms with E-state index in [1.807, 2.05) is 0 Å². The van der Waals surface area contributed by atoms with E-state index in [-0.39, 0.29) is 55.9 Å². The van der Waals surface area contributed by atoms with Gasteiger partial charge >= 0.3 is 6.18 Å². The summed E-state index contributed by atoms with van der Waals surface area (Å²) in [7, 11) is 0.840. The molecule has 0 bridgehead atoms. The predicted octanol–water partition coefficient (Wildman–Crippen LogP) is 4.28. The summed E-state index contributed by atoms with van der Waals surface area (Å²) >= 11 is 0. The Morgan fingerprint density at radius 2 is 1.63 bits per heavy atom. The van der Waals surface area contributed by atoms with Crippen molar-refractivity contribution >= 4 is 11.8 Å². The van der Waals surface area contributed by atoms with Crippen LogP contribution in [0.4, 0.5) is 22.0 Å². The molecule has 2 aliphatic heterocycles. The molecule has 0 radical (unpaired) electrons. The summed E-state index contributed by atoms with van der Waals surface area (Å²) in [6.07, 6.45) is -4.87. The van der Waals surface area contributed by atoms with Crippen LogP contribution in [0.1, 0.15) is 36.3 Å². The van der Waals surface area contributed by atoms with Crippen molar-refractivity contribution in [3.8, 4) is 0 Å². The molecule has 35 heavy (non-hydrogen) atoms. The van der Waals surface area contributed by atoms with Gasteiger partial charge in [-0.1, -0.05) is 36.4 Å². The van der Waals surface area contributed by atoms with E-state index in [2.05, 4.69) is 5.32 Å². The number of alkyl halides is 3. The van der Waals surface area contributed by atoms with E-state index in [0.29, 0.717) is 0 Å². The standard InChI is InChI=1S/C25H25F5N2O3/c1-35-24(25(28,29)30,16-6-3-2-4-7-16)22(34)32-12-10-23(11-13-32)14-20(33)31-15-17(23)21-18(26)8-5-9-19(21)27/h2-9,17H,10-15H2,1H3,(H,31,33)/t17?,24-/m1/s1. The molecule has 2 heterocycles. The third kappa shape index (κ3) is 4.17. The molecule has 2 aromatic carbocycles. The minimum atomic E-state index is -5.04. The summed E-state index contributed by atoms with van der Waals surface area (Å²) in [5.41, 5.74) is -4.59. The average Bonchev–Trinajstić information content (AvgIpc) is 2.81. The van der Waals surface area contributed by atoms with Gasteiger partial charge in [-0.3, -0.25) is 9.59 Å². The predicted molar refractivity (Wildman–Crippen MR) is 116 cm³/mol. The van der Waals surface area contributed by atoms with Gasteiger partial charge in [0.25, 0.3) is 11.5 Å². The van der Waals surface area contributed by atoms with Crippen molar-refractivity contribution < 1.29 is 36.3 Å². The molecule has 2 aromatic rings. The van der Waals surface area contributed by atoms with E-state index in [0.717, 1.165) is 24.1 Å². The molecule has 188 valence electrons. The Hall–Kier alpha value is -3.01. The summed E-state index contributed by atoms with van der Waals surface area (Å²) in [6.45, 7) is -0.237. The quantitative estimate of drug-likeness (QED) is 0.643. The largest absolute Gasteiger partial charge is 0.430 e. The zero-order valence-corrected chi connectivity index (χ0v) is 19.0. The van der Waals surface area contributed by atoms with Gasteiger partial charge in [0, 0.05) is 50.2 Å². The summed E-state index contributed by atoms with van der Waals surface area (Å²) in [5, 5.41) is 2.64. The van der Waals surface area contributed by atoms with Gasteiger partial charge in [0.15, 0.2) is 0 Å². The fourth-order valence-corrected chi connectivity index (χ4v) is 5.49. The van der Waals surface area contributed by atoms with Gasteiger partial charge in [-0.05, 0) is 30.4 Å². The molecule has 10 heteroatoms. The molecule has 0 aliphatic carbocycles. The third-order valence-corrected chi connectivity index (χ3v) is 7.34. The number of hydrogen-bond acceptors (Lipinski definition) is 3. The number of carbonyl (C=O) groups is 2. The molecule has 2 fully saturated rings. The van der Waals surface area contributed by atoms with E-state index >= 15 is 0 Å². The van der Waals surface area contributed by atoms with Crippen LogP contribution in [-0.2, 0) is 19.9 Å². The van der Waals surface area contributed by atoms with Crippen molar-refractivity contribution in [2.45, 2.75) is 37.0 Å². The van der Waals surface area contributed by atoms with E-state index in [9.17, 15) is 31.5 Å². The lowest BCUT2D eigenvalue weighted by molar-refractivity contribution is -0.271. The molecular weight excluding hydrogens is 471 g/mol. The molecule has 0 aromatic heterocycles. The lowest BCUT2D eigenvalue weighted by Gasteiger charge is -2.50. The fraction of sp³-hybridized carbons (Fsp3) is 0.440. The molecule has 2 aliphatic rings. The number of nitrogens with zero attached hydrogens (tertiary/aromatic N) is 1. The van der Waals surface area contributed by atoms with Gasteiger partial charge in [0.2, 0.25) is 5.91 Å². The number of rotatable bonds is 4. The van der Waals surface area contributed by atoms with Crippen LogP contribution in [0.2, 0.25) is 0 Å². The fourth-order valence-electron chi connectivity index (χ4n) is 5.49. The van der Waals surface area contributed by atoms with Crippen LogP contribution in [0.25, 0.3) is 0 Å². The van der Waals surface area contributed by atoms with Crippen LogP contribution in [0.3, 0.4) is 0 Å². The highest BCUT2D eigenvalue weighted by Gasteiger charge is 2.64. The van der Waals surface area contributed by atoms with Gasteiger partial charge < -0.3 is 15.0 Å². The van der Waals surface area contributed by atoms with Crippen molar-refractivity contribution in [1.82, 2.24) is 10.2 Å². The third-order valence-electron chi connectivity index (χ3n) is 7.34. The topological polar surface area (TPSA) is 58.6 Å². The molecule has 5 nitrogen and oxygen atoms in total. The first-order chi connectivity index (χ1) is 16.6. The second kappa shape index (κ2) is 9.22. The Morgan fingerprint density at radius 3 is 2.17 bits per heavy atom. The lowest BCUT2D eigenvalue weighted by Crippen LogP contribution is -2.60. The van der Waals surface area contributed by atoms with E-state index in [1.165, 1.54) is 36.4 Å². The number of amides is 2. The zero-order chi connectivity index (χ0) is 25.4. The van der Waals surface area contributed by atoms with Crippen molar-refractivity contribution in [3.05, 3.63) is 71.3 Å². The van der Waals surface area contributed by atoms with Gasteiger partial charge in [0.1, 0.15) is 11.6 Å². The molecular formula is C25H25F5N2O3. The van der Waals surface area contributed by atoms with Crippen molar-refractivity contribution in [2.24, 2.45) is 5.41 Å². The maximum atomic E-state index is 14.6. The molecule has 2 amide bonds. The number of benzene rings is 2. The summed E-state index contributed by atoms with van der Waals surface area (Å²) in [5.74, 6) is -3.78. The molecule has 1 N–H and O–H groups in total. The number of methoxy groups -OCH3 is 1. The minimum absolute atomic E-state index is 0.000786. The highest BCUT2D eigenvalue weighted by atomic mass is 19.4. The maximum absolute atomic E-state index is 14.6. The van der Waals surface area contributed by atoms with Crippen LogP contribution < -0.4 is 5.32 Å². The van der Waals surface area contributed by atoms with Crippen LogP contribution in [0.5, 0.6) is 0 Å². The second-order valence-electron chi connectivity index (χ2n) is 9.07. The zero-order valence-electron chi connectivity index (χ0n) is 19.0. The number of likely N-dealkylation sites (tertiary alicyclic amines) is 1. The van der Waals surface area contributed by atoms with E-state index in [1.54, 1.807) is 0 Å². The summed E-state index contributed by atoms with van der Waals surface area (Å²) in [4.78, 5) is 26.7.